The lowest BCUT2D eigenvalue weighted by Gasteiger charge is -2.37. The van der Waals surface area contributed by atoms with Gasteiger partial charge in [-0.1, -0.05) is 30.3 Å². The van der Waals surface area contributed by atoms with Crippen molar-refractivity contribution in [1.82, 2.24) is 10.2 Å². The van der Waals surface area contributed by atoms with Gasteiger partial charge in [0, 0.05) is 19.4 Å². The van der Waals surface area contributed by atoms with E-state index in [1.807, 2.05) is 37.2 Å². The molecule has 1 aromatic rings. The summed E-state index contributed by atoms with van der Waals surface area (Å²) in [6.45, 7) is 2.49. The molecule has 1 aliphatic heterocycles. The maximum Gasteiger partial charge on any atom is 0.307 e. The van der Waals surface area contributed by atoms with Crippen LogP contribution in [0.1, 0.15) is 24.8 Å². The molecular weight excluding hydrogens is 252 g/mol. The minimum absolute atomic E-state index is 0.107. The van der Waals surface area contributed by atoms with Crippen molar-refractivity contribution in [2.75, 3.05) is 33.7 Å². The Morgan fingerprint density at radius 2 is 1.90 bits per heavy atom. The Hall–Kier alpha value is -1.39. The van der Waals surface area contributed by atoms with Gasteiger partial charge < -0.3 is 15.0 Å². The zero-order valence-electron chi connectivity index (χ0n) is 12.4. The number of benzene rings is 1. The minimum atomic E-state index is -0.449. The number of carbonyl (C=O) groups excluding carboxylic acids is 1. The van der Waals surface area contributed by atoms with Crippen LogP contribution in [-0.2, 0) is 15.1 Å². The highest BCUT2D eigenvalue weighted by molar-refractivity contribution is 5.70. The number of carbonyl (C=O) groups is 1. The zero-order chi connectivity index (χ0) is 14.4. The SMILES string of the molecule is CN(C)CCC(=O)OC1(c2ccccc2)CCNCC1. The van der Waals surface area contributed by atoms with E-state index in [2.05, 4.69) is 17.4 Å². The molecular formula is C16H24N2O2. The summed E-state index contributed by atoms with van der Waals surface area (Å²) >= 11 is 0. The monoisotopic (exact) mass is 276 g/mol. The molecule has 1 aromatic carbocycles. The summed E-state index contributed by atoms with van der Waals surface area (Å²) in [6, 6.07) is 10.1. The van der Waals surface area contributed by atoms with Gasteiger partial charge in [-0.15, -0.1) is 0 Å². The first kappa shape index (κ1) is 15.0. The van der Waals surface area contributed by atoms with Crippen LogP contribution in [0.5, 0.6) is 0 Å². The average Bonchev–Trinajstić information content (AvgIpc) is 2.47. The van der Waals surface area contributed by atoms with Gasteiger partial charge in [0.05, 0.1) is 6.42 Å². The zero-order valence-corrected chi connectivity index (χ0v) is 12.4. The Labute approximate surface area is 121 Å². The van der Waals surface area contributed by atoms with E-state index >= 15 is 0 Å². The summed E-state index contributed by atoms with van der Waals surface area (Å²) in [5.74, 6) is -0.107. The summed E-state index contributed by atoms with van der Waals surface area (Å²) in [4.78, 5) is 14.1. The molecule has 0 amide bonds. The fraction of sp³-hybridized carbons (Fsp3) is 0.562. The van der Waals surface area contributed by atoms with Gasteiger partial charge in [-0.2, -0.15) is 0 Å². The second-order valence-electron chi connectivity index (χ2n) is 5.64. The van der Waals surface area contributed by atoms with Crippen LogP contribution in [0.15, 0.2) is 30.3 Å². The number of esters is 1. The van der Waals surface area contributed by atoms with Crippen LogP contribution in [0.3, 0.4) is 0 Å². The summed E-state index contributed by atoms with van der Waals surface area (Å²) in [6.07, 6.45) is 2.12. The van der Waals surface area contributed by atoms with Gasteiger partial charge in [0.2, 0.25) is 0 Å². The predicted octanol–water partition coefficient (Wildman–Crippen LogP) is 1.76. The first-order valence-electron chi connectivity index (χ1n) is 7.25. The van der Waals surface area contributed by atoms with Crippen LogP contribution in [-0.4, -0.2) is 44.6 Å². The third kappa shape index (κ3) is 3.81. The standard InChI is InChI=1S/C16H24N2O2/c1-18(2)13-8-15(19)20-16(9-11-17-12-10-16)14-6-4-3-5-7-14/h3-7,17H,8-13H2,1-2H3. The van der Waals surface area contributed by atoms with E-state index in [1.165, 1.54) is 0 Å². The van der Waals surface area contributed by atoms with Crippen molar-refractivity contribution in [1.29, 1.82) is 0 Å². The number of hydrogen-bond acceptors (Lipinski definition) is 4. The normalized spacial score (nSPS) is 17.9. The molecule has 1 N–H and O–H groups in total. The average molecular weight is 276 g/mol. The van der Waals surface area contributed by atoms with E-state index in [9.17, 15) is 4.79 Å². The number of nitrogens with zero attached hydrogens (tertiary/aromatic N) is 1. The van der Waals surface area contributed by atoms with Gasteiger partial charge in [0.1, 0.15) is 5.60 Å². The third-order valence-electron chi connectivity index (χ3n) is 3.78. The van der Waals surface area contributed by atoms with Gasteiger partial charge in [-0.05, 0) is 32.7 Å². The number of hydrogen-bond donors (Lipinski definition) is 1. The topological polar surface area (TPSA) is 41.6 Å². The summed E-state index contributed by atoms with van der Waals surface area (Å²) < 4.78 is 5.91. The molecule has 1 aliphatic rings. The highest BCUT2D eigenvalue weighted by atomic mass is 16.6. The molecule has 0 spiro atoms. The van der Waals surface area contributed by atoms with Crippen LogP contribution in [0.2, 0.25) is 0 Å². The summed E-state index contributed by atoms with van der Waals surface area (Å²) in [5.41, 5.74) is 0.662. The van der Waals surface area contributed by atoms with Gasteiger partial charge in [-0.3, -0.25) is 4.79 Å². The summed E-state index contributed by atoms with van der Waals surface area (Å²) in [5, 5.41) is 3.33. The van der Waals surface area contributed by atoms with Crippen LogP contribution < -0.4 is 5.32 Å². The Kier molecular flexibility index (Phi) is 5.15. The van der Waals surface area contributed by atoms with Crippen molar-refractivity contribution in [3.8, 4) is 0 Å². The summed E-state index contributed by atoms with van der Waals surface area (Å²) in [7, 11) is 3.93. The molecule has 1 fully saturated rings. The maximum atomic E-state index is 12.1. The Morgan fingerprint density at radius 3 is 2.50 bits per heavy atom. The largest absolute Gasteiger partial charge is 0.454 e. The molecule has 0 bridgehead atoms. The van der Waals surface area contributed by atoms with Crippen LogP contribution >= 0.6 is 0 Å². The molecule has 0 saturated carbocycles. The fourth-order valence-corrected chi connectivity index (χ4v) is 2.61. The quantitative estimate of drug-likeness (QED) is 0.832. The van der Waals surface area contributed by atoms with Crippen molar-refractivity contribution in [2.45, 2.75) is 24.9 Å². The highest BCUT2D eigenvalue weighted by Gasteiger charge is 2.37. The van der Waals surface area contributed by atoms with E-state index in [4.69, 9.17) is 4.74 Å². The van der Waals surface area contributed by atoms with Crippen LogP contribution in [0.25, 0.3) is 0 Å². The lowest BCUT2D eigenvalue weighted by atomic mass is 9.85. The molecule has 0 aromatic heterocycles. The second-order valence-corrected chi connectivity index (χ2v) is 5.64. The molecule has 0 unspecified atom stereocenters. The second kappa shape index (κ2) is 6.86. The Bertz CT molecular complexity index is 425. The number of rotatable bonds is 5. The Morgan fingerprint density at radius 1 is 1.25 bits per heavy atom. The fourth-order valence-electron chi connectivity index (χ4n) is 2.61. The Balaban J connectivity index is 2.10. The lowest BCUT2D eigenvalue weighted by Crippen LogP contribution is -2.43. The van der Waals surface area contributed by atoms with Gasteiger partial charge in [0.15, 0.2) is 0 Å². The van der Waals surface area contributed by atoms with Gasteiger partial charge in [0.25, 0.3) is 0 Å². The van der Waals surface area contributed by atoms with E-state index in [1.54, 1.807) is 0 Å². The number of ether oxygens (including phenoxy) is 1. The molecule has 110 valence electrons. The van der Waals surface area contributed by atoms with Crippen molar-refractivity contribution in [3.05, 3.63) is 35.9 Å². The first-order valence-corrected chi connectivity index (χ1v) is 7.25. The molecule has 1 saturated heterocycles. The smallest absolute Gasteiger partial charge is 0.307 e. The van der Waals surface area contributed by atoms with E-state index in [0.717, 1.165) is 38.0 Å². The number of piperidine rings is 1. The van der Waals surface area contributed by atoms with Crippen LogP contribution in [0, 0.1) is 0 Å². The van der Waals surface area contributed by atoms with E-state index in [-0.39, 0.29) is 5.97 Å². The van der Waals surface area contributed by atoms with Crippen molar-refractivity contribution < 1.29 is 9.53 Å². The first-order chi connectivity index (χ1) is 9.62. The lowest BCUT2D eigenvalue weighted by molar-refractivity contribution is -0.164. The molecule has 0 aliphatic carbocycles. The molecule has 20 heavy (non-hydrogen) atoms. The van der Waals surface area contributed by atoms with Crippen LogP contribution in [0.4, 0.5) is 0 Å². The molecule has 4 heteroatoms. The molecule has 4 nitrogen and oxygen atoms in total. The van der Waals surface area contributed by atoms with E-state index < -0.39 is 5.60 Å². The number of nitrogens with one attached hydrogen (secondary N) is 1. The minimum Gasteiger partial charge on any atom is -0.454 e. The maximum absolute atomic E-state index is 12.1. The van der Waals surface area contributed by atoms with E-state index in [0.29, 0.717) is 6.42 Å². The highest BCUT2D eigenvalue weighted by Crippen LogP contribution is 2.35. The van der Waals surface area contributed by atoms with Crippen molar-refractivity contribution >= 4 is 5.97 Å². The molecule has 1 heterocycles. The van der Waals surface area contributed by atoms with Gasteiger partial charge in [-0.25, -0.2) is 0 Å². The van der Waals surface area contributed by atoms with Crippen molar-refractivity contribution in [3.63, 3.8) is 0 Å². The molecule has 0 radical (unpaired) electrons. The predicted molar refractivity (Wildman–Crippen MR) is 79.5 cm³/mol. The molecule has 2 rings (SSSR count). The van der Waals surface area contributed by atoms with Gasteiger partial charge >= 0.3 is 5.97 Å². The third-order valence-corrected chi connectivity index (χ3v) is 3.78. The molecule has 0 atom stereocenters. The van der Waals surface area contributed by atoms with Crippen molar-refractivity contribution in [2.24, 2.45) is 0 Å².